The van der Waals surface area contributed by atoms with Crippen molar-refractivity contribution in [3.63, 3.8) is 0 Å². The summed E-state index contributed by atoms with van der Waals surface area (Å²) in [5.74, 6) is 0.472. The van der Waals surface area contributed by atoms with Crippen molar-refractivity contribution in [3.05, 3.63) is 53.6 Å². The zero-order valence-corrected chi connectivity index (χ0v) is 15.7. The maximum absolute atomic E-state index is 12.2. The van der Waals surface area contributed by atoms with Crippen molar-refractivity contribution in [1.29, 1.82) is 0 Å². The van der Waals surface area contributed by atoms with Crippen molar-refractivity contribution < 1.29 is 17.9 Å². The summed E-state index contributed by atoms with van der Waals surface area (Å²) in [5.41, 5.74) is 2.89. The zero-order valence-electron chi connectivity index (χ0n) is 14.9. The number of carbonyl (C=O) groups excluding carboxylic acids is 1. The Kier molecular flexibility index (Phi) is 5.85. The lowest BCUT2D eigenvalue weighted by Crippen LogP contribution is -2.21. The SMILES string of the molecule is Cc1cccc(C(C)C)c1NC(=O)COc1ccc(S(C)(=O)=O)cc1. The Balaban J connectivity index is 2.02. The summed E-state index contributed by atoms with van der Waals surface area (Å²) >= 11 is 0. The molecule has 2 rings (SSSR count). The van der Waals surface area contributed by atoms with E-state index in [-0.39, 0.29) is 17.4 Å². The fourth-order valence-corrected chi connectivity index (χ4v) is 3.08. The second-order valence-corrected chi connectivity index (χ2v) is 8.29. The van der Waals surface area contributed by atoms with Gasteiger partial charge in [-0.3, -0.25) is 4.79 Å². The molecule has 0 fully saturated rings. The van der Waals surface area contributed by atoms with Gasteiger partial charge in [0.25, 0.3) is 5.91 Å². The molecule has 2 aromatic rings. The smallest absolute Gasteiger partial charge is 0.262 e. The van der Waals surface area contributed by atoms with Gasteiger partial charge in [0.1, 0.15) is 5.75 Å². The molecule has 0 saturated heterocycles. The first kappa shape index (κ1) is 19.0. The van der Waals surface area contributed by atoms with Crippen molar-refractivity contribution in [3.8, 4) is 5.75 Å². The first-order valence-electron chi connectivity index (χ1n) is 8.00. The van der Waals surface area contributed by atoms with Crippen LogP contribution in [0.2, 0.25) is 0 Å². The molecule has 0 saturated carbocycles. The Morgan fingerprint density at radius 1 is 1.12 bits per heavy atom. The Morgan fingerprint density at radius 2 is 1.76 bits per heavy atom. The molecule has 2 aromatic carbocycles. The third-order valence-electron chi connectivity index (χ3n) is 3.81. The van der Waals surface area contributed by atoms with E-state index < -0.39 is 9.84 Å². The average molecular weight is 361 g/mol. The maximum atomic E-state index is 12.2. The summed E-state index contributed by atoms with van der Waals surface area (Å²) in [6.45, 7) is 5.95. The van der Waals surface area contributed by atoms with E-state index in [9.17, 15) is 13.2 Å². The predicted molar refractivity (Wildman–Crippen MR) is 98.9 cm³/mol. The van der Waals surface area contributed by atoms with Crippen LogP contribution in [-0.2, 0) is 14.6 Å². The third kappa shape index (κ3) is 5.06. The molecule has 5 nitrogen and oxygen atoms in total. The van der Waals surface area contributed by atoms with Crippen LogP contribution in [0.15, 0.2) is 47.4 Å². The molecule has 0 aliphatic rings. The molecular weight excluding hydrogens is 338 g/mol. The van der Waals surface area contributed by atoms with Crippen LogP contribution in [-0.4, -0.2) is 27.2 Å². The van der Waals surface area contributed by atoms with Gasteiger partial charge in [0.05, 0.1) is 4.90 Å². The number of benzene rings is 2. The lowest BCUT2D eigenvalue weighted by atomic mass is 9.98. The molecule has 0 heterocycles. The molecule has 0 aliphatic carbocycles. The van der Waals surface area contributed by atoms with Gasteiger partial charge in [0.15, 0.2) is 16.4 Å². The summed E-state index contributed by atoms with van der Waals surface area (Å²) < 4.78 is 28.3. The van der Waals surface area contributed by atoms with E-state index in [1.54, 1.807) is 0 Å². The highest BCUT2D eigenvalue weighted by atomic mass is 32.2. The van der Waals surface area contributed by atoms with E-state index in [1.165, 1.54) is 24.3 Å². The highest BCUT2D eigenvalue weighted by Crippen LogP contribution is 2.27. The van der Waals surface area contributed by atoms with E-state index in [0.717, 1.165) is 23.1 Å². The van der Waals surface area contributed by atoms with Gasteiger partial charge in [0.2, 0.25) is 0 Å². The maximum Gasteiger partial charge on any atom is 0.262 e. The Hall–Kier alpha value is -2.34. The number of carbonyl (C=O) groups is 1. The highest BCUT2D eigenvalue weighted by molar-refractivity contribution is 7.90. The molecule has 0 spiro atoms. The fourth-order valence-electron chi connectivity index (χ4n) is 2.45. The first-order chi connectivity index (χ1) is 11.7. The second-order valence-electron chi connectivity index (χ2n) is 6.27. The number of ether oxygens (including phenoxy) is 1. The van der Waals surface area contributed by atoms with Crippen LogP contribution < -0.4 is 10.1 Å². The molecule has 25 heavy (non-hydrogen) atoms. The summed E-state index contributed by atoms with van der Waals surface area (Å²) in [6.07, 6.45) is 1.14. The number of nitrogens with one attached hydrogen (secondary N) is 1. The fraction of sp³-hybridized carbons (Fsp3) is 0.316. The van der Waals surface area contributed by atoms with Crippen molar-refractivity contribution in [2.75, 3.05) is 18.2 Å². The minimum atomic E-state index is -3.24. The van der Waals surface area contributed by atoms with Crippen LogP contribution in [0.3, 0.4) is 0 Å². The standard InChI is InChI=1S/C19H23NO4S/c1-13(2)17-7-5-6-14(3)19(17)20-18(21)12-24-15-8-10-16(11-9-15)25(4,22)23/h5-11,13H,12H2,1-4H3,(H,20,21). The van der Waals surface area contributed by atoms with Crippen LogP contribution in [0, 0.1) is 6.92 Å². The van der Waals surface area contributed by atoms with Gasteiger partial charge in [-0.05, 0) is 48.2 Å². The van der Waals surface area contributed by atoms with E-state index in [1.807, 2.05) is 25.1 Å². The van der Waals surface area contributed by atoms with Crippen molar-refractivity contribution in [1.82, 2.24) is 0 Å². The molecule has 0 aromatic heterocycles. The van der Waals surface area contributed by atoms with Crippen molar-refractivity contribution in [2.45, 2.75) is 31.6 Å². The molecular formula is C19H23NO4S. The van der Waals surface area contributed by atoms with E-state index in [4.69, 9.17) is 4.74 Å². The quantitative estimate of drug-likeness (QED) is 0.854. The number of amides is 1. The van der Waals surface area contributed by atoms with Crippen molar-refractivity contribution >= 4 is 21.4 Å². The molecule has 1 N–H and O–H groups in total. The summed E-state index contributed by atoms with van der Waals surface area (Å²) in [5, 5.41) is 2.91. The lowest BCUT2D eigenvalue weighted by Gasteiger charge is -2.16. The van der Waals surface area contributed by atoms with Crippen LogP contribution in [0.1, 0.15) is 30.9 Å². The predicted octanol–water partition coefficient (Wildman–Crippen LogP) is 3.54. The molecule has 0 bridgehead atoms. The van der Waals surface area contributed by atoms with E-state index in [2.05, 4.69) is 19.2 Å². The van der Waals surface area contributed by atoms with Crippen LogP contribution in [0.5, 0.6) is 5.75 Å². The van der Waals surface area contributed by atoms with E-state index >= 15 is 0 Å². The van der Waals surface area contributed by atoms with Gasteiger partial charge in [0, 0.05) is 11.9 Å². The summed E-state index contributed by atoms with van der Waals surface area (Å²) in [6, 6.07) is 11.9. The summed E-state index contributed by atoms with van der Waals surface area (Å²) in [7, 11) is -3.24. The number of sulfone groups is 1. The Morgan fingerprint density at radius 3 is 2.32 bits per heavy atom. The number of para-hydroxylation sites is 1. The minimum Gasteiger partial charge on any atom is -0.484 e. The number of hydrogen-bond donors (Lipinski definition) is 1. The van der Waals surface area contributed by atoms with Crippen molar-refractivity contribution in [2.24, 2.45) is 0 Å². The Bertz CT molecular complexity index is 855. The van der Waals surface area contributed by atoms with Crippen LogP contribution in [0.4, 0.5) is 5.69 Å². The van der Waals surface area contributed by atoms with Crippen LogP contribution in [0.25, 0.3) is 0 Å². The number of hydrogen-bond acceptors (Lipinski definition) is 4. The lowest BCUT2D eigenvalue weighted by molar-refractivity contribution is -0.118. The summed E-state index contributed by atoms with van der Waals surface area (Å²) in [4.78, 5) is 12.4. The van der Waals surface area contributed by atoms with Gasteiger partial charge in [-0.25, -0.2) is 8.42 Å². The third-order valence-corrected chi connectivity index (χ3v) is 4.94. The average Bonchev–Trinajstić information content (AvgIpc) is 2.54. The normalized spacial score (nSPS) is 11.4. The Labute approximate surface area is 148 Å². The number of anilines is 1. The molecule has 0 unspecified atom stereocenters. The van der Waals surface area contributed by atoms with Gasteiger partial charge in [-0.1, -0.05) is 32.0 Å². The topological polar surface area (TPSA) is 72.5 Å². The largest absolute Gasteiger partial charge is 0.484 e. The minimum absolute atomic E-state index is 0.149. The molecule has 1 amide bonds. The number of aryl methyl sites for hydroxylation is 1. The van der Waals surface area contributed by atoms with E-state index in [0.29, 0.717) is 11.7 Å². The molecule has 134 valence electrons. The monoisotopic (exact) mass is 361 g/mol. The van der Waals surface area contributed by atoms with Crippen LogP contribution >= 0.6 is 0 Å². The molecule has 0 radical (unpaired) electrons. The molecule has 0 aliphatic heterocycles. The number of rotatable bonds is 6. The zero-order chi connectivity index (χ0) is 18.6. The van der Waals surface area contributed by atoms with Gasteiger partial charge >= 0.3 is 0 Å². The van der Waals surface area contributed by atoms with Gasteiger partial charge < -0.3 is 10.1 Å². The highest BCUT2D eigenvalue weighted by Gasteiger charge is 2.13. The second kappa shape index (κ2) is 7.70. The first-order valence-corrected chi connectivity index (χ1v) is 9.90. The molecule has 6 heteroatoms. The van der Waals surface area contributed by atoms with Gasteiger partial charge in [-0.15, -0.1) is 0 Å². The molecule has 0 atom stereocenters. The van der Waals surface area contributed by atoms with Gasteiger partial charge in [-0.2, -0.15) is 0 Å².